The van der Waals surface area contributed by atoms with Crippen LogP contribution in [0.5, 0.6) is 0 Å². The van der Waals surface area contributed by atoms with Gasteiger partial charge in [0.1, 0.15) is 0 Å². The molecular formula is C14H20BrNO. The molecule has 1 heterocycles. The van der Waals surface area contributed by atoms with E-state index in [0.717, 1.165) is 18.5 Å². The molecule has 0 bridgehead atoms. The standard InChI is InChI=1S/C14H20BrNO/c1-11-5-6-14(12(8-11)9-15)16(2)10-13-4-3-7-17-13/h5-6,8,13H,3-4,7,9-10H2,1-2H3. The third-order valence-electron chi connectivity index (χ3n) is 3.29. The quantitative estimate of drug-likeness (QED) is 0.789. The number of ether oxygens (including phenoxy) is 1. The lowest BCUT2D eigenvalue weighted by Gasteiger charge is -2.25. The predicted octanol–water partition coefficient (Wildman–Crippen LogP) is 3.51. The first-order valence-electron chi connectivity index (χ1n) is 6.19. The monoisotopic (exact) mass is 297 g/mol. The predicted molar refractivity (Wildman–Crippen MR) is 76.1 cm³/mol. The fraction of sp³-hybridized carbons (Fsp3) is 0.571. The third-order valence-corrected chi connectivity index (χ3v) is 3.90. The molecule has 94 valence electrons. The molecule has 3 heteroatoms. The highest BCUT2D eigenvalue weighted by Crippen LogP contribution is 2.25. The van der Waals surface area contributed by atoms with Crippen LogP contribution in [0.4, 0.5) is 5.69 Å². The highest BCUT2D eigenvalue weighted by molar-refractivity contribution is 9.08. The molecule has 1 unspecified atom stereocenters. The molecule has 0 amide bonds. The van der Waals surface area contributed by atoms with Crippen LogP contribution < -0.4 is 4.90 Å². The molecule has 0 saturated carbocycles. The van der Waals surface area contributed by atoms with E-state index in [9.17, 15) is 0 Å². The Bertz CT molecular complexity index is 374. The Kier molecular flexibility index (Phi) is 4.46. The second-order valence-corrected chi connectivity index (χ2v) is 5.34. The van der Waals surface area contributed by atoms with E-state index < -0.39 is 0 Å². The normalized spacial score (nSPS) is 19.6. The topological polar surface area (TPSA) is 12.5 Å². The summed E-state index contributed by atoms with van der Waals surface area (Å²) in [6.45, 7) is 4.05. The minimum Gasteiger partial charge on any atom is -0.376 e. The maximum absolute atomic E-state index is 5.69. The molecule has 1 saturated heterocycles. The van der Waals surface area contributed by atoms with Crippen molar-refractivity contribution in [2.45, 2.75) is 31.2 Å². The van der Waals surface area contributed by atoms with Crippen LogP contribution in [0.3, 0.4) is 0 Å². The molecule has 17 heavy (non-hydrogen) atoms. The Labute approximate surface area is 112 Å². The van der Waals surface area contributed by atoms with Gasteiger partial charge in [-0.3, -0.25) is 0 Å². The lowest BCUT2D eigenvalue weighted by Crippen LogP contribution is -2.29. The van der Waals surface area contributed by atoms with Crippen molar-refractivity contribution in [3.63, 3.8) is 0 Å². The molecule has 1 fully saturated rings. The Balaban J connectivity index is 2.09. The Morgan fingerprint density at radius 3 is 2.94 bits per heavy atom. The van der Waals surface area contributed by atoms with Crippen molar-refractivity contribution >= 4 is 21.6 Å². The van der Waals surface area contributed by atoms with E-state index >= 15 is 0 Å². The zero-order valence-corrected chi connectivity index (χ0v) is 12.2. The molecule has 1 aromatic rings. The molecule has 0 N–H and O–H groups in total. The molecule has 0 radical (unpaired) electrons. The smallest absolute Gasteiger partial charge is 0.0750 e. The molecule has 0 spiro atoms. The summed E-state index contributed by atoms with van der Waals surface area (Å²) >= 11 is 3.57. The largest absolute Gasteiger partial charge is 0.376 e. The number of rotatable bonds is 4. The van der Waals surface area contributed by atoms with E-state index in [-0.39, 0.29) is 0 Å². The molecule has 1 aliphatic rings. The van der Waals surface area contributed by atoms with Crippen LogP contribution in [0.1, 0.15) is 24.0 Å². The zero-order chi connectivity index (χ0) is 12.3. The minimum absolute atomic E-state index is 0.407. The molecule has 0 aliphatic carbocycles. The lowest BCUT2D eigenvalue weighted by atomic mass is 10.1. The van der Waals surface area contributed by atoms with Crippen LogP contribution in [-0.2, 0) is 10.1 Å². The van der Waals surface area contributed by atoms with Gasteiger partial charge in [0.25, 0.3) is 0 Å². The number of aryl methyl sites for hydroxylation is 1. The molecule has 0 aromatic heterocycles. The summed E-state index contributed by atoms with van der Waals surface area (Å²) < 4.78 is 5.69. The number of hydrogen-bond acceptors (Lipinski definition) is 2. The maximum atomic E-state index is 5.69. The highest BCUT2D eigenvalue weighted by Gasteiger charge is 2.18. The van der Waals surface area contributed by atoms with Gasteiger partial charge in [0.2, 0.25) is 0 Å². The van der Waals surface area contributed by atoms with E-state index in [1.807, 2.05) is 0 Å². The van der Waals surface area contributed by atoms with Gasteiger partial charge in [-0.15, -0.1) is 0 Å². The van der Waals surface area contributed by atoms with E-state index in [1.165, 1.54) is 29.7 Å². The number of nitrogens with zero attached hydrogens (tertiary/aromatic N) is 1. The highest BCUT2D eigenvalue weighted by atomic mass is 79.9. The van der Waals surface area contributed by atoms with Gasteiger partial charge < -0.3 is 9.64 Å². The van der Waals surface area contributed by atoms with Crippen LogP contribution in [0, 0.1) is 6.92 Å². The number of likely N-dealkylation sites (N-methyl/N-ethyl adjacent to an activating group) is 1. The molecule has 2 rings (SSSR count). The number of anilines is 1. The number of hydrogen-bond donors (Lipinski definition) is 0. The van der Waals surface area contributed by atoms with E-state index in [4.69, 9.17) is 4.74 Å². The summed E-state index contributed by atoms with van der Waals surface area (Å²) in [6, 6.07) is 6.63. The lowest BCUT2D eigenvalue weighted by molar-refractivity contribution is 0.116. The van der Waals surface area contributed by atoms with E-state index in [0.29, 0.717) is 6.10 Å². The third kappa shape index (κ3) is 3.23. The van der Waals surface area contributed by atoms with Gasteiger partial charge in [-0.2, -0.15) is 0 Å². The number of alkyl halides is 1. The van der Waals surface area contributed by atoms with Crippen LogP contribution in [-0.4, -0.2) is 26.3 Å². The summed E-state index contributed by atoms with van der Waals surface area (Å²) in [5, 5.41) is 0.903. The SMILES string of the molecule is Cc1ccc(N(C)CC2CCCO2)c(CBr)c1. The van der Waals surface area contributed by atoms with Gasteiger partial charge >= 0.3 is 0 Å². The van der Waals surface area contributed by atoms with Gasteiger partial charge in [-0.1, -0.05) is 33.6 Å². The maximum Gasteiger partial charge on any atom is 0.0750 e. The van der Waals surface area contributed by atoms with Crippen LogP contribution >= 0.6 is 15.9 Å². The fourth-order valence-electron chi connectivity index (χ4n) is 2.39. The van der Waals surface area contributed by atoms with Crippen molar-refractivity contribution in [2.24, 2.45) is 0 Å². The van der Waals surface area contributed by atoms with Crippen molar-refractivity contribution in [1.82, 2.24) is 0 Å². The zero-order valence-electron chi connectivity index (χ0n) is 10.6. The number of halogens is 1. The van der Waals surface area contributed by atoms with Crippen LogP contribution in [0.2, 0.25) is 0 Å². The van der Waals surface area contributed by atoms with Gasteiger partial charge in [-0.25, -0.2) is 0 Å². The Morgan fingerprint density at radius 2 is 2.29 bits per heavy atom. The van der Waals surface area contributed by atoms with E-state index in [2.05, 4.69) is 53.0 Å². The first-order chi connectivity index (χ1) is 8.20. The molecular weight excluding hydrogens is 278 g/mol. The second kappa shape index (κ2) is 5.87. The van der Waals surface area contributed by atoms with Crippen molar-refractivity contribution in [1.29, 1.82) is 0 Å². The van der Waals surface area contributed by atoms with Gasteiger partial charge in [0.05, 0.1) is 6.10 Å². The summed E-state index contributed by atoms with van der Waals surface area (Å²) in [5.74, 6) is 0. The van der Waals surface area contributed by atoms with Crippen LogP contribution in [0.15, 0.2) is 18.2 Å². The summed E-state index contributed by atoms with van der Waals surface area (Å²) in [4.78, 5) is 2.31. The Morgan fingerprint density at radius 1 is 1.47 bits per heavy atom. The minimum atomic E-state index is 0.407. The van der Waals surface area contributed by atoms with Crippen molar-refractivity contribution in [3.8, 4) is 0 Å². The first-order valence-corrected chi connectivity index (χ1v) is 7.31. The van der Waals surface area contributed by atoms with Crippen LogP contribution in [0.25, 0.3) is 0 Å². The first kappa shape index (κ1) is 12.9. The molecule has 1 atom stereocenters. The van der Waals surface area contributed by atoms with Gasteiger partial charge in [0, 0.05) is 31.2 Å². The number of benzene rings is 1. The summed E-state index contributed by atoms with van der Waals surface area (Å²) in [6.07, 6.45) is 2.81. The van der Waals surface area contributed by atoms with Crippen molar-refractivity contribution in [2.75, 3.05) is 25.1 Å². The summed E-state index contributed by atoms with van der Waals surface area (Å²) in [5.41, 5.74) is 3.97. The summed E-state index contributed by atoms with van der Waals surface area (Å²) in [7, 11) is 2.15. The molecule has 1 aromatic carbocycles. The molecule has 2 nitrogen and oxygen atoms in total. The average molecular weight is 298 g/mol. The van der Waals surface area contributed by atoms with Crippen molar-refractivity contribution < 1.29 is 4.74 Å². The Hall–Kier alpha value is -0.540. The molecule has 1 aliphatic heterocycles. The van der Waals surface area contributed by atoms with E-state index in [1.54, 1.807) is 0 Å². The van der Waals surface area contributed by atoms with Crippen molar-refractivity contribution in [3.05, 3.63) is 29.3 Å². The fourth-order valence-corrected chi connectivity index (χ4v) is 2.83. The average Bonchev–Trinajstić information content (AvgIpc) is 2.81. The van der Waals surface area contributed by atoms with Gasteiger partial charge in [0.15, 0.2) is 0 Å². The second-order valence-electron chi connectivity index (χ2n) is 4.78. The van der Waals surface area contributed by atoms with Gasteiger partial charge in [-0.05, 0) is 31.4 Å².